The molecule has 0 saturated carbocycles. The Bertz CT molecular complexity index is 728. The molecule has 19 heavy (non-hydrogen) atoms. The van der Waals surface area contributed by atoms with Crippen molar-refractivity contribution < 1.29 is 4.79 Å². The smallest absolute Gasteiger partial charge is 0.274 e. The molecular formula is C11H10N4O2S2. The Hall–Kier alpha value is -2.06. The first-order valence-corrected chi connectivity index (χ1v) is 6.57. The van der Waals surface area contributed by atoms with Crippen LogP contribution in [0.4, 0.5) is 0 Å². The van der Waals surface area contributed by atoms with E-state index in [1.165, 1.54) is 6.92 Å². The highest BCUT2D eigenvalue weighted by Gasteiger charge is 2.05. The van der Waals surface area contributed by atoms with Crippen LogP contribution < -0.4 is 11.0 Å². The van der Waals surface area contributed by atoms with Crippen LogP contribution >= 0.6 is 23.6 Å². The van der Waals surface area contributed by atoms with Crippen molar-refractivity contribution in [3.63, 3.8) is 0 Å². The van der Waals surface area contributed by atoms with Gasteiger partial charge in [0.15, 0.2) is 5.69 Å². The summed E-state index contributed by atoms with van der Waals surface area (Å²) in [5, 5.41) is 8.29. The van der Waals surface area contributed by atoms with Crippen molar-refractivity contribution >= 4 is 41.6 Å². The molecule has 0 aromatic carbocycles. The molecule has 0 atom stereocenters. The van der Waals surface area contributed by atoms with Crippen molar-refractivity contribution in [3.8, 4) is 0 Å². The highest BCUT2D eigenvalue weighted by atomic mass is 32.1. The van der Waals surface area contributed by atoms with Crippen molar-refractivity contribution in [1.29, 1.82) is 0 Å². The van der Waals surface area contributed by atoms with Gasteiger partial charge in [0, 0.05) is 11.8 Å². The van der Waals surface area contributed by atoms with Crippen LogP contribution in [0.5, 0.6) is 0 Å². The monoisotopic (exact) mass is 294 g/mol. The van der Waals surface area contributed by atoms with E-state index < -0.39 is 5.56 Å². The number of aromatic nitrogens is 3. The molecule has 8 heteroatoms. The predicted molar refractivity (Wildman–Crippen MR) is 77.0 cm³/mol. The average Bonchev–Trinajstić information content (AvgIpc) is 2.86. The quantitative estimate of drug-likeness (QED) is 0.843. The summed E-state index contributed by atoms with van der Waals surface area (Å²) < 4.78 is 0.993. The molecule has 0 saturated heterocycles. The average molecular weight is 294 g/mol. The maximum Gasteiger partial charge on any atom is 0.299 e. The van der Waals surface area contributed by atoms with Crippen LogP contribution in [0.2, 0.25) is 0 Å². The van der Waals surface area contributed by atoms with Gasteiger partial charge in [0.25, 0.3) is 5.56 Å². The van der Waals surface area contributed by atoms with Gasteiger partial charge in [-0.15, -0.1) is 11.3 Å². The van der Waals surface area contributed by atoms with Gasteiger partial charge < -0.3 is 0 Å². The van der Waals surface area contributed by atoms with E-state index >= 15 is 0 Å². The highest BCUT2D eigenvalue weighted by Crippen LogP contribution is 2.11. The second kappa shape index (κ2) is 5.72. The molecular weight excluding hydrogens is 284 g/mol. The minimum atomic E-state index is -0.480. The lowest BCUT2D eigenvalue weighted by molar-refractivity contribution is -0.115. The van der Waals surface area contributed by atoms with Gasteiger partial charge in [-0.2, -0.15) is 9.77 Å². The molecule has 0 aliphatic carbocycles. The van der Waals surface area contributed by atoms with E-state index in [4.69, 9.17) is 12.2 Å². The second-order valence-electron chi connectivity index (χ2n) is 3.57. The first-order chi connectivity index (χ1) is 9.08. The molecule has 0 aliphatic heterocycles. The van der Waals surface area contributed by atoms with Crippen molar-refractivity contribution in [3.05, 3.63) is 43.2 Å². The normalized spacial score (nSPS) is 10.8. The summed E-state index contributed by atoms with van der Waals surface area (Å²) in [5.74, 6) is -0.388. The third-order valence-electron chi connectivity index (χ3n) is 2.12. The minimum absolute atomic E-state index is 0.0356. The van der Waals surface area contributed by atoms with E-state index in [1.54, 1.807) is 23.5 Å². The molecule has 98 valence electrons. The Labute approximate surface area is 117 Å². The second-order valence-corrected chi connectivity index (χ2v) is 4.94. The molecule has 0 fully saturated rings. The fraction of sp³-hybridized carbons (Fsp3) is 0.0909. The lowest BCUT2D eigenvalue weighted by Gasteiger charge is -2.05. The molecule has 1 amide bonds. The zero-order chi connectivity index (χ0) is 13.8. The van der Waals surface area contributed by atoms with Gasteiger partial charge in [0.2, 0.25) is 10.7 Å². The Kier molecular flexibility index (Phi) is 4.03. The molecule has 2 aromatic heterocycles. The van der Waals surface area contributed by atoms with E-state index in [0.717, 1.165) is 9.55 Å². The number of carbonyl (C=O) groups is 1. The molecule has 2 aromatic rings. The number of H-pyrrole nitrogens is 1. The zero-order valence-electron chi connectivity index (χ0n) is 9.91. The van der Waals surface area contributed by atoms with Gasteiger partial charge in [-0.25, -0.2) is 0 Å². The number of hydrogen-bond acceptors (Lipinski definition) is 5. The van der Waals surface area contributed by atoms with Crippen LogP contribution in [0, 0.1) is 4.77 Å². The van der Waals surface area contributed by atoms with Crippen molar-refractivity contribution in [1.82, 2.24) is 14.9 Å². The van der Waals surface area contributed by atoms with Crippen LogP contribution in [0.1, 0.15) is 17.5 Å². The summed E-state index contributed by atoms with van der Waals surface area (Å²) in [4.78, 5) is 24.0. The lowest BCUT2D eigenvalue weighted by Crippen LogP contribution is -2.35. The summed E-state index contributed by atoms with van der Waals surface area (Å²) in [6, 6.07) is 3.82. The molecule has 0 spiro atoms. The third-order valence-corrected chi connectivity index (χ3v) is 3.23. The summed E-state index contributed by atoms with van der Waals surface area (Å²) in [6.45, 7) is 1.29. The molecule has 6 nitrogen and oxygen atoms in total. The Morgan fingerprint density at radius 3 is 3.00 bits per heavy atom. The molecule has 2 heterocycles. The first kappa shape index (κ1) is 13.4. The number of thiophene rings is 1. The molecule has 0 radical (unpaired) electrons. The predicted octanol–water partition coefficient (Wildman–Crippen LogP) is 1.62. The van der Waals surface area contributed by atoms with Gasteiger partial charge in [0.1, 0.15) is 0 Å². The number of nitrogens with zero attached hydrogens (tertiary/aromatic N) is 2. The summed E-state index contributed by atoms with van der Waals surface area (Å²) in [7, 11) is 0. The fourth-order valence-corrected chi connectivity index (χ4v) is 2.12. The van der Waals surface area contributed by atoms with Gasteiger partial charge in [0.05, 0.1) is 0 Å². The van der Waals surface area contributed by atoms with Crippen LogP contribution in [-0.4, -0.2) is 20.8 Å². The molecule has 2 N–H and O–H groups in total. The van der Waals surface area contributed by atoms with Crippen molar-refractivity contribution in [2.45, 2.75) is 6.92 Å². The van der Waals surface area contributed by atoms with Crippen LogP contribution in [0.3, 0.4) is 0 Å². The number of aromatic amines is 1. The zero-order valence-corrected chi connectivity index (χ0v) is 11.5. The Balaban J connectivity index is 2.40. The molecule has 0 aliphatic rings. The van der Waals surface area contributed by atoms with Crippen LogP contribution in [0.15, 0.2) is 22.3 Å². The maximum absolute atomic E-state index is 12.0. The number of amides is 1. The van der Waals surface area contributed by atoms with E-state index in [9.17, 15) is 9.59 Å². The van der Waals surface area contributed by atoms with Gasteiger partial charge in [-0.1, -0.05) is 6.07 Å². The number of carbonyl (C=O) groups excluding carboxylic acids is 1. The highest BCUT2D eigenvalue weighted by molar-refractivity contribution is 7.71. The van der Waals surface area contributed by atoms with Crippen LogP contribution in [0.25, 0.3) is 12.2 Å². The summed E-state index contributed by atoms with van der Waals surface area (Å²) in [6.07, 6.45) is 3.33. The summed E-state index contributed by atoms with van der Waals surface area (Å²) >= 11 is 6.43. The largest absolute Gasteiger partial charge is 0.299 e. The SMILES string of the molecule is CC(=O)Nn1c(=S)[nH]nc(/C=C/c2cccs2)c1=O. The van der Waals surface area contributed by atoms with Crippen molar-refractivity contribution in [2.75, 3.05) is 5.43 Å². The number of hydrogen-bond donors (Lipinski definition) is 2. The van der Waals surface area contributed by atoms with Crippen molar-refractivity contribution in [2.24, 2.45) is 0 Å². The molecule has 0 unspecified atom stereocenters. The number of rotatable bonds is 3. The van der Waals surface area contributed by atoms with Gasteiger partial charge in [-0.05, 0) is 35.8 Å². The van der Waals surface area contributed by atoms with E-state index in [2.05, 4.69) is 15.6 Å². The summed E-state index contributed by atoms with van der Waals surface area (Å²) in [5.41, 5.74) is 2.02. The molecule has 2 rings (SSSR count). The van der Waals surface area contributed by atoms with Gasteiger partial charge >= 0.3 is 0 Å². The standard InChI is InChI=1S/C11H10N4O2S2/c1-7(16)14-15-10(17)9(12-13-11(15)18)5-4-8-3-2-6-19-8/h2-6H,1H3,(H,13,18)(H,14,16)/b5-4+. The topological polar surface area (TPSA) is 79.8 Å². The number of nitrogens with one attached hydrogen (secondary N) is 2. The van der Waals surface area contributed by atoms with E-state index in [-0.39, 0.29) is 16.4 Å². The minimum Gasteiger partial charge on any atom is -0.274 e. The van der Waals surface area contributed by atoms with E-state index in [1.807, 2.05) is 17.5 Å². The lowest BCUT2D eigenvalue weighted by atomic mass is 10.3. The van der Waals surface area contributed by atoms with E-state index in [0.29, 0.717) is 0 Å². The Morgan fingerprint density at radius 2 is 2.37 bits per heavy atom. The third kappa shape index (κ3) is 3.24. The van der Waals surface area contributed by atoms with Crippen LogP contribution in [-0.2, 0) is 4.79 Å². The first-order valence-electron chi connectivity index (χ1n) is 5.29. The molecule has 0 bridgehead atoms. The van der Waals surface area contributed by atoms with Gasteiger partial charge in [-0.3, -0.25) is 20.1 Å². The Morgan fingerprint density at radius 1 is 1.58 bits per heavy atom. The maximum atomic E-state index is 12.0. The fourth-order valence-electron chi connectivity index (χ4n) is 1.33.